The Bertz CT molecular complexity index is 742. The number of aryl methyl sites for hydroxylation is 1. The van der Waals surface area contributed by atoms with Crippen molar-refractivity contribution in [3.8, 4) is 10.6 Å². The predicted octanol–water partition coefficient (Wildman–Crippen LogP) is 4.38. The summed E-state index contributed by atoms with van der Waals surface area (Å²) in [5, 5.41) is 11.9. The molecule has 5 heteroatoms. The molecule has 3 rings (SSSR count). The van der Waals surface area contributed by atoms with Gasteiger partial charge in [0, 0.05) is 17.0 Å². The van der Waals surface area contributed by atoms with Crippen LogP contribution in [-0.2, 0) is 0 Å². The number of hydrogen-bond acceptors (Lipinski definition) is 4. The number of furan rings is 1. The van der Waals surface area contributed by atoms with E-state index in [0.717, 1.165) is 32.7 Å². The molecule has 0 spiro atoms. The van der Waals surface area contributed by atoms with E-state index in [0.29, 0.717) is 5.76 Å². The fraction of sp³-hybridized carbons (Fsp3) is 0.0769. The summed E-state index contributed by atoms with van der Waals surface area (Å²) in [5.74, 6) is 0.717. The number of fused-ring (bicyclic) bond motifs is 1. The van der Waals surface area contributed by atoms with Gasteiger partial charge in [-0.1, -0.05) is 29.5 Å². The van der Waals surface area contributed by atoms with Gasteiger partial charge in [0.05, 0.1) is 9.80 Å². The average molecular weight is 259 g/mol. The third-order valence-electron chi connectivity index (χ3n) is 2.84. The standard InChI is InChI=1S/C13H9NO3S/c1-8-9-4-2-3-5-10(9)17-13(8)11-6-7-12(18-11)14(15)16/h2-7H,1H3. The highest BCUT2D eigenvalue weighted by Crippen LogP contribution is 2.38. The predicted molar refractivity (Wildman–Crippen MR) is 70.9 cm³/mol. The van der Waals surface area contributed by atoms with Crippen LogP contribution in [0.15, 0.2) is 40.8 Å². The Hall–Kier alpha value is -2.14. The second kappa shape index (κ2) is 3.96. The first-order valence-corrected chi connectivity index (χ1v) is 6.21. The Morgan fingerprint density at radius 1 is 1.22 bits per heavy atom. The Labute approximate surface area is 107 Å². The van der Waals surface area contributed by atoms with Gasteiger partial charge in [-0.15, -0.1) is 0 Å². The van der Waals surface area contributed by atoms with Gasteiger partial charge in [0.25, 0.3) is 0 Å². The third-order valence-corrected chi connectivity index (χ3v) is 3.87. The highest BCUT2D eigenvalue weighted by molar-refractivity contribution is 7.18. The monoisotopic (exact) mass is 259 g/mol. The number of rotatable bonds is 2. The lowest BCUT2D eigenvalue weighted by molar-refractivity contribution is -0.380. The maximum absolute atomic E-state index is 10.7. The van der Waals surface area contributed by atoms with Gasteiger partial charge in [-0.25, -0.2) is 0 Å². The average Bonchev–Trinajstić information content (AvgIpc) is 2.95. The Kier molecular flexibility index (Phi) is 2.41. The molecule has 90 valence electrons. The molecule has 0 aliphatic rings. The summed E-state index contributed by atoms with van der Waals surface area (Å²) in [6.45, 7) is 1.96. The zero-order chi connectivity index (χ0) is 12.7. The molecule has 1 aromatic carbocycles. The lowest BCUT2D eigenvalue weighted by Gasteiger charge is -1.91. The molecule has 0 aliphatic heterocycles. The molecule has 3 aromatic rings. The minimum absolute atomic E-state index is 0.129. The highest BCUT2D eigenvalue weighted by atomic mass is 32.1. The molecule has 2 aromatic heterocycles. The molecule has 2 heterocycles. The van der Waals surface area contributed by atoms with Gasteiger partial charge in [0.15, 0.2) is 0 Å². The largest absolute Gasteiger partial charge is 0.455 e. The summed E-state index contributed by atoms with van der Waals surface area (Å²) in [6.07, 6.45) is 0. The second-order valence-electron chi connectivity index (χ2n) is 3.95. The van der Waals surface area contributed by atoms with E-state index in [1.807, 2.05) is 31.2 Å². The van der Waals surface area contributed by atoms with Crippen molar-refractivity contribution < 1.29 is 9.34 Å². The Morgan fingerprint density at radius 3 is 2.67 bits per heavy atom. The van der Waals surface area contributed by atoms with Crippen LogP contribution < -0.4 is 0 Å². The molecule has 0 amide bonds. The van der Waals surface area contributed by atoms with E-state index >= 15 is 0 Å². The van der Waals surface area contributed by atoms with Crippen LogP contribution in [0.25, 0.3) is 21.6 Å². The summed E-state index contributed by atoms with van der Waals surface area (Å²) in [7, 11) is 0. The third kappa shape index (κ3) is 1.60. The van der Waals surface area contributed by atoms with E-state index in [2.05, 4.69) is 0 Å². The van der Waals surface area contributed by atoms with Crippen LogP contribution in [0.1, 0.15) is 5.56 Å². The highest BCUT2D eigenvalue weighted by Gasteiger charge is 2.17. The van der Waals surface area contributed by atoms with Crippen LogP contribution in [0, 0.1) is 17.0 Å². The van der Waals surface area contributed by atoms with Crippen molar-refractivity contribution >= 4 is 27.3 Å². The van der Waals surface area contributed by atoms with Crippen LogP contribution in [0.2, 0.25) is 0 Å². The van der Waals surface area contributed by atoms with E-state index in [1.54, 1.807) is 6.07 Å². The van der Waals surface area contributed by atoms with Crippen molar-refractivity contribution in [1.29, 1.82) is 0 Å². The van der Waals surface area contributed by atoms with Gasteiger partial charge in [-0.05, 0) is 19.1 Å². The van der Waals surface area contributed by atoms with E-state index in [9.17, 15) is 10.1 Å². The van der Waals surface area contributed by atoms with Crippen molar-refractivity contribution in [3.05, 3.63) is 52.1 Å². The number of hydrogen-bond donors (Lipinski definition) is 0. The molecule has 4 nitrogen and oxygen atoms in total. The fourth-order valence-electron chi connectivity index (χ4n) is 1.96. The van der Waals surface area contributed by atoms with Gasteiger partial charge in [0.2, 0.25) is 0 Å². The van der Waals surface area contributed by atoms with Crippen LogP contribution in [0.4, 0.5) is 5.00 Å². The number of thiophene rings is 1. The minimum atomic E-state index is -0.383. The summed E-state index contributed by atoms with van der Waals surface area (Å²) < 4.78 is 5.77. The second-order valence-corrected chi connectivity index (χ2v) is 5.01. The Morgan fingerprint density at radius 2 is 2.00 bits per heavy atom. The van der Waals surface area contributed by atoms with Gasteiger partial charge in [-0.2, -0.15) is 0 Å². The molecular formula is C13H9NO3S. The maximum atomic E-state index is 10.7. The summed E-state index contributed by atoms with van der Waals surface area (Å²) in [5.41, 5.74) is 1.82. The van der Waals surface area contributed by atoms with Gasteiger partial charge < -0.3 is 4.42 Å². The molecule has 0 radical (unpaired) electrons. The number of nitrogens with zero attached hydrogens (tertiary/aromatic N) is 1. The number of benzene rings is 1. The van der Waals surface area contributed by atoms with Crippen molar-refractivity contribution in [2.45, 2.75) is 6.92 Å². The first-order valence-electron chi connectivity index (χ1n) is 5.39. The van der Waals surface area contributed by atoms with E-state index in [4.69, 9.17) is 4.42 Å². The van der Waals surface area contributed by atoms with Crippen LogP contribution in [-0.4, -0.2) is 4.92 Å². The molecule has 0 N–H and O–H groups in total. The first-order chi connectivity index (χ1) is 8.66. The summed E-state index contributed by atoms with van der Waals surface area (Å²) in [6, 6.07) is 11.0. The molecule has 0 aliphatic carbocycles. The molecule has 0 bridgehead atoms. The van der Waals surface area contributed by atoms with Gasteiger partial charge in [0.1, 0.15) is 11.3 Å². The van der Waals surface area contributed by atoms with E-state index < -0.39 is 0 Å². The quantitative estimate of drug-likeness (QED) is 0.507. The molecule has 0 atom stereocenters. The van der Waals surface area contributed by atoms with Gasteiger partial charge in [-0.3, -0.25) is 10.1 Å². The van der Waals surface area contributed by atoms with E-state index in [1.165, 1.54) is 6.07 Å². The zero-order valence-electron chi connectivity index (χ0n) is 9.54. The SMILES string of the molecule is Cc1c(-c2ccc([N+](=O)[O-])s2)oc2ccccc12. The zero-order valence-corrected chi connectivity index (χ0v) is 10.4. The molecule has 0 saturated carbocycles. The van der Waals surface area contributed by atoms with Crippen molar-refractivity contribution in [2.75, 3.05) is 0 Å². The normalized spacial score (nSPS) is 10.9. The summed E-state index contributed by atoms with van der Waals surface area (Å²) >= 11 is 1.13. The number of nitro groups is 1. The molecule has 0 fully saturated rings. The van der Waals surface area contributed by atoms with Crippen LogP contribution >= 0.6 is 11.3 Å². The Balaban J connectivity index is 2.18. The lowest BCUT2D eigenvalue weighted by Crippen LogP contribution is -1.80. The molecule has 0 saturated heterocycles. The maximum Gasteiger partial charge on any atom is 0.324 e. The molecule has 18 heavy (non-hydrogen) atoms. The van der Waals surface area contributed by atoms with Crippen molar-refractivity contribution in [2.24, 2.45) is 0 Å². The van der Waals surface area contributed by atoms with E-state index in [-0.39, 0.29) is 9.92 Å². The molecule has 0 unspecified atom stereocenters. The lowest BCUT2D eigenvalue weighted by atomic mass is 10.1. The minimum Gasteiger partial charge on any atom is -0.455 e. The first kappa shape index (κ1) is 11.0. The number of para-hydroxylation sites is 1. The smallest absolute Gasteiger partial charge is 0.324 e. The van der Waals surface area contributed by atoms with Crippen LogP contribution in [0.5, 0.6) is 0 Å². The topological polar surface area (TPSA) is 56.3 Å². The van der Waals surface area contributed by atoms with Gasteiger partial charge >= 0.3 is 5.00 Å². The van der Waals surface area contributed by atoms with Crippen molar-refractivity contribution in [1.82, 2.24) is 0 Å². The summed E-state index contributed by atoms with van der Waals surface area (Å²) in [4.78, 5) is 11.1. The van der Waals surface area contributed by atoms with Crippen LogP contribution in [0.3, 0.4) is 0 Å². The van der Waals surface area contributed by atoms with Crippen molar-refractivity contribution in [3.63, 3.8) is 0 Å². The molecular weight excluding hydrogens is 250 g/mol. The fourth-order valence-corrected chi connectivity index (χ4v) is 2.82.